The Hall–Kier alpha value is -1.39. The topological polar surface area (TPSA) is 48.1 Å². The molecular formula is C13H14N2OS. The van der Waals surface area contributed by atoms with Crippen LogP contribution in [0, 0.1) is 0 Å². The van der Waals surface area contributed by atoms with Crippen molar-refractivity contribution in [1.29, 1.82) is 0 Å². The molecule has 3 nitrogen and oxygen atoms in total. The second-order valence-corrected chi connectivity index (χ2v) is 5.21. The molecule has 3 rings (SSSR count). The first-order chi connectivity index (χ1) is 8.33. The van der Waals surface area contributed by atoms with Crippen LogP contribution in [0.2, 0.25) is 0 Å². The lowest BCUT2D eigenvalue weighted by Crippen LogP contribution is -2.12. The van der Waals surface area contributed by atoms with E-state index in [1.807, 2.05) is 17.8 Å². The minimum atomic E-state index is 0.0429. The molecule has 2 N–H and O–H groups in total. The SMILES string of the molecule is NC(Cc1cncs1)c1ccc2c(c1)CCO2. The molecule has 2 heterocycles. The highest BCUT2D eigenvalue weighted by Crippen LogP contribution is 2.28. The van der Waals surface area contributed by atoms with E-state index in [0.29, 0.717) is 0 Å². The summed E-state index contributed by atoms with van der Waals surface area (Å²) in [7, 11) is 0. The quantitative estimate of drug-likeness (QED) is 0.904. The molecule has 0 spiro atoms. The fraction of sp³-hybridized carbons (Fsp3) is 0.308. The summed E-state index contributed by atoms with van der Waals surface area (Å²) in [5.41, 5.74) is 10.5. The fourth-order valence-electron chi connectivity index (χ4n) is 2.11. The first-order valence-corrected chi connectivity index (χ1v) is 6.59. The van der Waals surface area contributed by atoms with E-state index in [-0.39, 0.29) is 6.04 Å². The molecule has 0 amide bonds. The predicted molar refractivity (Wildman–Crippen MR) is 68.4 cm³/mol. The molecule has 2 aromatic rings. The van der Waals surface area contributed by atoms with Gasteiger partial charge in [-0.15, -0.1) is 11.3 Å². The summed E-state index contributed by atoms with van der Waals surface area (Å²) in [5, 5.41) is 0. The van der Waals surface area contributed by atoms with E-state index in [4.69, 9.17) is 10.5 Å². The number of rotatable bonds is 3. The van der Waals surface area contributed by atoms with Crippen molar-refractivity contribution < 1.29 is 4.74 Å². The third-order valence-corrected chi connectivity index (χ3v) is 3.85. The molecule has 1 aliphatic heterocycles. The number of nitrogens with two attached hydrogens (primary N) is 1. The number of hydrogen-bond donors (Lipinski definition) is 1. The van der Waals surface area contributed by atoms with Crippen LogP contribution in [0.1, 0.15) is 22.0 Å². The van der Waals surface area contributed by atoms with Crippen LogP contribution in [-0.2, 0) is 12.8 Å². The van der Waals surface area contributed by atoms with Gasteiger partial charge in [-0.05, 0) is 17.2 Å². The Morgan fingerprint density at radius 3 is 3.24 bits per heavy atom. The van der Waals surface area contributed by atoms with E-state index in [1.54, 1.807) is 11.3 Å². The van der Waals surface area contributed by atoms with Gasteiger partial charge in [0, 0.05) is 30.0 Å². The molecule has 0 saturated carbocycles. The largest absolute Gasteiger partial charge is 0.493 e. The fourth-order valence-corrected chi connectivity index (χ4v) is 2.77. The van der Waals surface area contributed by atoms with Crippen LogP contribution in [-0.4, -0.2) is 11.6 Å². The van der Waals surface area contributed by atoms with Crippen LogP contribution < -0.4 is 10.5 Å². The Kier molecular flexibility index (Phi) is 2.82. The molecular weight excluding hydrogens is 232 g/mol. The van der Waals surface area contributed by atoms with E-state index >= 15 is 0 Å². The van der Waals surface area contributed by atoms with E-state index in [1.165, 1.54) is 16.0 Å². The predicted octanol–water partition coefficient (Wildman–Crippen LogP) is 2.32. The molecule has 0 radical (unpaired) electrons. The Morgan fingerprint density at radius 1 is 1.47 bits per heavy atom. The zero-order valence-corrected chi connectivity index (χ0v) is 10.2. The van der Waals surface area contributed by atoms with Crippen molar-refractivity contribution in [2.24, 2.45) is 5.73 Å². The standard InChI is InChI=1S/C13H14N2OS/c14-12(6-11-7-15-8-17-11)9-1-2-13-10(5-9)3-4-16-13/h1-2,5,7-8,12H,3-4,6,14H2. The van der Waals surface area contributed by atoms with Crippen LogP contribution in [0.15, 0.2) is 29.9 Å². The summed E-state index contributed by atoms with van der Waals surface area (Å²) in [4.78, 5) is 5.30. The highest BCUT2D eigenvalue weighted by atomic mass is 32.1. The van der Waals surface area contributed by atoms with E-state index in [2.05, 4.69) is 17.1 Å². The van der Waals surface area contributed by atoms with Gasteiger partial charge in [0.05, 0.1) is 12.1 Å². The van der Waals surface area contributed by atoms with Gasteiger partial charge in [0.15, 0.2) is 0 Å². The average Bonchev–Trinajstić information content (AvgIpc) is 2.97. The maximum Gasteiger partial charge on any atom is 0.122 e. The molecule has 1 unspecified atom stereocenters. The van der Waals surface area contributed by atoms with Gasteiger partial charge < -0.3 is 10.5 Å². The van der Waals surface area contributed by atoms with Crippen molar-refractivity contribution >= 4 is 11.3 Å². The van der Waals surface area contributed by atoms with Gasteiger partial charge in [-0.25, -0.2) is 0 Å². The first kappa shape index (κ1) is 10.7. The highest BCUT2D eigenvalue weighted by molar-refractivity contribution is 7.09. The summed E-state index contributed by atoms with van der Waals surface area (Å²) in [6.07, 6.45) is 3.74. The Bertz CT molecular complexity index is 510. The van der Waals surface area contributed by atoms with Gasteiger partial charge in [-0.2, -0.15) is 0 Å². The zero-order chi connectivity index (χ0) is 11.7. The number of benzene rings is 1. The smallest absolute Gasteiger partial charge is 0.122 e. The molecule has 17 heavy (non-hydrogen) atoms. The van der Waals surface area contributed by atoms with Crippen LogP contribution in [0.3, 0.4) is 0 Å². The van der Waals surface area contributed by atoms with Gasteiger partial charge in [0.1, 0.15) is 5.75 Å². The molecule has 88 valence electrons. The molecule has 0 fully saturated rings. The van der Waals surface area contributed by atoms with Crippen molar-refractivity contribution in [3.8, 4) is 5.75 Å². The number of ether oxygens (including phenoxy) is 1. The first-order valence-electron chi connectivity index (χ1n) is 5.71. The molecule has 1 aromatic carbocycles. The molecule has 1 aromatic heterocycles. The Labute approximate surface area is 104 Å². The van der Waals surface area contributed by atoms with E-state index < -0.39 is 0 Å². The summed E-state index contributed by atoms with van der Waals surface area (Å²) >= 11 is 1.66. The van der Waals surface area contributed by atoms with Crippen molar-refractivity contribution in [2.45, 2.75) is 18.9 Å². The summed E-state index contributed by atoms with van der Waals surface area (Å²) in [5.74, 6) is 1.01. The van der Waals surface area contributed by atoms with E-state index in [0.717, 1.165) is 25.2 Å². The second-order valence-electron chi connectivity index (χ2n) is 4.24. The minimum Gasteiger partial charge on any atom is -0.493 e. The molecule has 1 atom stereocenters. The monoisotopic (exact) mass is 246 g/mol. The normalized spacial score (nSPS) is 15.4. The van der Waals surface area contributed by atoms with Crippen LogP contribution in [0.5, 0.6) is 5.75 Å². The summed E-state index contributed by atoms with van der Waals surface area (Å²) in [6, 6.07) is 6.31. The third kappa shape index (κ3) is 2.18. The Balaban J connectivity index is 1.79. The summed E-state index contributed by atoms with van der Waals surface area (Å²) < 4.78 is 5.49. The van der Waals surface area contributed by atoms with Gasteiger partial charge >= 0.3 is 0 Å². The second kappa shape index (κ2) is 4.47. The minimum absolute atomic E-state index is 0.0429. The lowest BCUT2D eigenvalue weighted by molar-refractivity contribution is 0.357. The molecule has 1 aliphatic rings. The maximum absolute atomic E-state index is 6.22. The number of hydrogen-bond acceptors (Lipinski definition) is 4. The van der Waals surface area contributed by atoms with Crippen molar-refractivity contribution in [3.63, 3.8) is 0 Å². The molecule has 0 aliphatic carbocycles. The van der Waals surface area contributed by atoms with Crippen molar-refractivity contribution in [1.82, 2.24) is 4.98 Å². The summed E-state index contributed by atoms with van der Waals surface area (Å²) in [6.45, 7) is 0.795. The van der Waals surface area contributed by atoms with Gasteiger partial charge in [-0.1, -0.05) is 12.1 Å². The van der Waals surface area contributed by atoms with E-state index in [9.17, 15) is 0 Å². The van der Waals surface area contributed by atoms with Crippen molar-refractivity contribution in [3.05, 3.63) is 45.9 Å². The molecule has 0 saturated heterocycles. The highest BCUT2D eigenvalue weighted by Gasteiger charge is 2.15. The van der Waals surface area contributed by atoms with Crippen LogP contribution in [0.4, 0.5) is 0 Å². The van der Waals surface area contributed by atoms with Crippen LogP contribution in [0.25, 0.3) is 0 Å². The molecule has 0 bridgehead atoms. The lowest BCUT2D eigenvalue weighted by Gasteiger charge is -2.11. The number of fused-ring (bicyclic) bond motifs is 1. The van der Waals surface area contributed by atoms with Gasteiger partial charge in [0.2, 0.25) is 0 Å². The average molecular weight is 246 g/mol. The number of nitrogens with zero attached hydrogens (tertiary/aromatic N) is 1. The maximum atomic E-state index is 6.22. The zero-order valence-electron chi connectivity index (χ0n) is 9.43. The number of thiazole rings is 1. The van der Waals surface area contributed by atoms with Gasteiger partial charge in [-0.3, -0.25) is 4.98 Å². The lowest BCUT2D eigenvalue weighted by atomic mass is 10.0. The third-order valence-electron chi connectivity index (χ3n) is 3.05. The van der Waals surface area contributed by atoms with Crippen LogP contribution >= 0.6 is 11.3 Å². The Morgan fingerprint density at radius 2 is 2.41 bits per heavy atom. The number of aromatic nitrogens is 1. The van der Waals surface area contributed by atoms with Gasteiger partial charge in [0.25, 0.3) is 0 Å². The van der Waals surface area contributed by atoms with Crippen molar-refractivity contribution in [2.75, 3.05) is 6.61 Å². The molecule has 4 heteroatoms.